The van der Waals surface area contributed by atoms with Gasteiger partial charge in [0, 0.05) is 23.4 Å². The molecule has 1 aromatic carbocycles. The number of amides is 1. The molecule has 4 unspecified atom stereocenters. The van der Waals surface area contributed by atoms with Gasteiger partial charge in [-0.25, -0.2) is 0 Å². The molecule has 1 aromatic rings. The molecule has 0 aromatic heterocycles. The SMILES string of the molecule is CCC(C)C#Cc1ccc(O)c2c1C[C@@H]1C[C@@H]3[C@@H](N(C)C)C(O)C(C(N)=O)C(=O)[C@]3(O)C(=O)C1C2=O. The number of fused-ring (bicyclic) bond motifs is 3. The van der Waals surface area contributed by atoms with E-state index in [1.807, 2.05) is 13.8 Å². The van der Waals surface area contributed by atoms with Crippen LogP contribution in [0.1, 0.15) is 48.2 Å². The van der Waals surface area contributed by atoms with Crippen LogP contribution in [-0.2, 0) is 20.8 Å². The van der Waals surface area contributed by atoms with Crippen molar-refractivity contribution >= 4 is 23.3 Å². The molecule has 8 atom stereocenters. The quantitative estimate of drug-likeness (QED) is 0.338. The number of nitrogens with two attached hydrogens (primary N) is 1. The van der Waals surface area contributed by atoms with E-state index in [0.717, 1.165) is 6.42 Å². The number of aliphatic hydroxyl groups excluding tert-OH is 1. The van der Waals surface area contributed by atoms with Crippen LogP contribution in [0.25, 0.3) is 0 Å². The van der Waals surface area contributed by atoms with Gasteiger partial charge in [0.05, 0.1) is 17.6 Å². The average Bonchev–Trinajstić information content (AvgIpc) is 2.80. The zero-order valence-corrected chi connectivity index (χ0v) is 20.8. The molecule has 36 heavy (non-hydrogen) atoms. The Morgan fingerprint density at radius 2 is 1.92 bits per heavy atom. The highest BCUT2D eigenvalue weighted by Gasteiger charge is 2.69. The van der Waals surface area contributed by atoms with Crippen molar-refractivity contribution in [1.29, 1.82) is 0 Å². The van der Waals surface area contributed by atoms with Crippen molar-refractivity contribution in [2.75, 3.05) is 14.1 Å². The predicted molar refractivity (Wildman–Crippen MR) is 129 cm³/mol. The maximum atomic E-state index is 13.8. The number of hydrogen-bond acceptors (Lipinski definition) is 8. The number of rotatable bonds is 3. The summed E-state index contributed by atoms with van der Waals surface area (Å²) in [7, 11) is 3.22. The van der Waals surface area contributed by atoms with E-state index in [1.165, 1.54) is 6.07 Å². The minimum Gasteiger partial charge on any atom is -0.507 e. The second kappa shape index (κ2) is 9.11. The highest BCUT2D eigenvalue weighted by molar-refractivity contribution is 6.25. The topological polar surface area (TPSA) is 158 Å². The number of aliphatic hydroxyl groups is 2. The third-order valence-electron chi connectivity index (χ3n) is 8.24. The van der Waals surface area contributed by atoms with Gasteiger partial charge in [-0.1, -0.05) is 25.7 Å². The first-order chi connectivity index (χ1) is 16.9. The monoisotopic (exact) mass is 496 g/mol. The first-order valence-electron chi connectivity index (χ1n) is 12.2. The van der Waals surface area contributed by atoms with Crippen molar-refractivity contribution in [3.63, 3.8) is 0 Å². The molecule has 2 fully saturated rings. The van der Waals surface area contributed by atoms with Crippen LogP contribution in [-0.4, -0.2) is 75.3 Å². The standard InChI is InChI=1S/C27H32N2O7/c1-5-12(2)6-7-13-8-9-17(30)19-15(13)10-14-11-16-21(29(3)4)23(32)20(26(28)35)25(34)27(16,36)24(33)18(14)22(19)31/h8-9,12,14,16,18,20-21,23,30,32,36H,5,10-11H2,1-4H3,(H2,28,35)/t12?,14-,16-,18?,20?,21-,23?,27-/m1/s1. The highest BCUT2D eigenvalue weighted by Crippen LogP contribution is 2.51. The van der Waals surface area contributed by atoms with Crippen molar-refractivity contribution in [1.82, 2.24) is 4.90 Å². The molecule has 0 aliphatic heterocycles. The Labute approximate surface area is 209 Å². The number of likely N-dealkylation sites (N-methyl/N-ethyl adjacent to an activating group) is 1. The third kappa shape index (κ3) is 3.67. The highest BCUT2D eigenvalue weighted by atomic mass is 16.3. The van der Waals surface area contributed by atoms with Crippen LogP contribution in [0.2, 0.25) is 0 Å². The van der Waals surface area contributed by atoms with Crippen LogP contribution >= 0.6 is 0 Å². The Balaban J connectivity index is 1.85. The molecule has 0 bridgehead atoms. The minimum absolute atomic E-state index is 0.0264. The van der Waals surface area contributed by atoms with E-state index in [0.29, 0.717) is 11.1 Å². The summed E-state index contributed by atoms with van der Waals surface area (Å²) < 4.78 is 0. The summed E-state index contributed by atoms with van der Waals surface area (Å²) in [5.41, 5.74) is 3.81. The van der Waals surface area contributed by atoms with Crippen LogP contribution in [0.3, 0.4) is 0 Å². The van der Waals surface area contributed by atoms with Gasteiger partial charge in [0.15, 0.2) is 23.0 Å². The van der Waals surface area contributed by atoms with Crippen LogP contribution < -0.4 is 5.73 Å². The molecule has 9 nitrogen and oxygen atoms in total. The van der Waals surface area contributed by atoms with Gasteiger partial charge < -0.3 is 26.0 Å². The molecule has 0 saturated heterocycles. The number of Topliss-reactive ketones (excluding diaryl/α,β-unsaturated/α-hetero) is 3. The Hall–Kier alpha value is -3.06. The summed E-state index contributed by atoms with van der Waals surface area (Å²) in [4.78, 5) is 54.4. The maximum absolute atomic E-state index is 13.8. The molecule has 5 N–H and O–H groups in total. The Morgan fingerprint density at radius 3 is 2.50 bits per heavy atom. The largest absolute Gasteiger partial charge is 0.507 e. The lowest BCUT2D eigenvalue weighted by Crippen LogP contribution is -2.75. The summed E-state index contributed by atoms with van der Waals surface area (Å²) in [6, 6.07) is 2.07. The van der Waals surface area contributed by atoms with Crippen molar-refractivity contribution < 1.29 is 34.5 Å². The number of ketones is 3. The average molecular weight is 497 g/mol. The summed E-state index contributed by atoms with van der Waals surface area (Å²) in [6.07, 6.45) is -0.372. The number of aromatic hydroxyl groups is 1. The van der Waals surface area contributed by atoms with E-state index in [9.17, 15) is 34.5 Å². The molecule has 3 aliphatic rings. The van der Waals surface area contributed by atoms with E-state index in [1.54, 1.807) is 25.1 Å². The van der Waals surface area contributed by atoms with Gasteiger partial charge in [0.1, 0.15) is 11.7 Å². The molecule has 4 rings (SSSR count). The number of nitrogens with zero attached hydrogens (tertiary/aromatic N) is 1. The summed E-state index contributed by atoms with van der Waals surface area (Å²) >= 11 is 0. The predicted octanol–water partition coefficient (Wildman–Crippen LogP) is 0.0564. The van der Waals surface area contributed by atoms with E-state index in [4.69, 9.17) is 5.73 Å². The van der Waals surface area contributed by atoms with Gasteiger partial charge in [-0.3, -0.25) is 19.2 Å². The van der Waals surface area contributed by atoms with Crippen LogP contribution in [0, 0.1) is 41.4 Å². The van der Waals surface area contributed by atoms with E-state index >= 15 is 0 Å². The maximum Gasteiger partial charge on any atom is 0.230 e. The van der Waals surface area contributed by atoms with Gasteiger partial charge in [0.25, 0.3) is 0 Å². The molecule has 0 heterocycles. The molecule has 1 amide bonds. The molecule has 0 radical (unpaired) electrons. The number of hydrogen-bond donors (Lipinski definition) is 4. The summed E-state index contributed by atoms with van der Waals surface area (Å²) in [6.45, 7) is 3.99. The second-order valence-electron chi connectivity index (χ2n) is 10.5. The lowest BCUT2D eigenvalue weighted by atomic mass is 9.52. The van der Waals surface area contributed by atoms with Crippen LogP contribution in [0.4, 0.5) is 0 Å². The van der Waals surface area contributed by atoms with Gasteiger partial charge in [0.2, 0.25) is 5.91 Å². The molecule has 9 heteroatoms. The number of carbonyl (C=O) groups is 4. The fourth-order valence-corrected chi connectivity index (χ4v) is 6.24. The van der Waals surface area contributed by atoms with Crippen molar-refractivity contribution in [3.05, 3.63) is 28.8 Å². The smallest absolute Gasteiger partial charge is 0.230 e. The normalized spacial score (nSPS) is 34.2. The molecule has 0 spiro atoms. The summed E-state index contributed by atoms with van der Waals surface area (Å²) in [5.74, 6) is -2.75. The first kappa shape index (κ1) is 26.0. The van der Waals surface area contributed by atoms with Crippen molar-refractivity contribution in [3.8, 4) is 17.6 Å². The van der Waals surface area contributed by atoms with Crippen LogP contribution in [0.15, 0.2) is 12.1 Å². The van der Waals surface area contributed by atoms with Gasteiger partial charge >= 0.3 is 0 Å². The Bertz CT molecular complexity index is 1210. The molecule has 192 valence electrons. The number of primary amides is 1. The lowest BCUT2D eigenvalue weighted by Gasteiger charge is -2.54. The molecule has 2 saturated carbocycles. The van der Waals surface area contributed by atoms with Gasteiger partial charge in [-0.2, -0.15) is 0 Å². The van der Waals surface area contributed by atoms with Crippen LogP contribution in [0.5, 0.6) is 5.75 Å². The van der Waals surface area contributed by atoms with E-state index < -0.39 is 64.7 Å². The number of phenolic OH excluding ortho intramolecular Hbond substituents is 1. The summed E-state index contributed by atoms with van der Waals surface area (Å²) in [5, 5.41) is 33.1. The van der Waals surface area contributed by atoms with Crippen molar-refractivity contribution in [2.24, 2.45) is 35.3 Å². The fourth-order valence-electron chi connectivity index (χ4n) is 6.24. The zero-order valence-electron chi connectivity index (χ0n) is 20.8. The third-order valence-corrected chi connectivity index (χ3v) is 8.24. The number of benzene rings is 1. The fraction of sp³-hybridized carbons (Fsp3) is 0.556. The minimum atomic E-state index is -2.66. The number of carbonyl (C=O) groups excluding carboxylic acids is 4. The molecular formula is C27H32N2O7. The molecular weight excluding hydrogens is 464 g/mol. The molecule has 3 aliphatic carbocycles. The van der Waals surface area contributed by atoms with Gasteiger partial charge in [-0.05, 0) is 57.0 Å². The van der Waals surface area contributed by atoms with Crippen molar-refractivity contribution in [2.45, 2.75) is 50.9 Å². The Morgan fingerprint density at radius 1 is 1.25 bits per heavy atom. The first-order valence-corrected chi connectivity index (χ1v) is 12.2. The Kier molecular flexibility index (Phi) is 6.58. The van der Waals surface area contributed by atoms with E-state index in [-0.39, 0.29) is 30.1 Å². The second-order valence-corrected chi connectivity index (χ2v) is 10.5. The van der Waals surface area contributed by atoms with E-state index in [2.05, 4.69) is 11.8 Å². The lowest BCUT2D eigenvalue weighted by molar-refractivity contribution is -0.190. The number of phenols is 1. The zero-order chi connectivity index (χ0) is 26.7. The van der Waals surface area contributed by atoms with Gasteiger partial charge in [-0.15, -0.1) is 0 Å².